The van der Waals surface area contributed by atoms with Gasteiger partial charge in [0.1, 0.15) is 6.04 Å². The van der Waals surface area contributed by atoms with Crippen LogP contribution in [0.5, 0.6) is 0 Å². The summed E-state index contributed by atoms with van der Waals surface area (Å²) in [5.74, 6) is -0.968. The normalized spacial score (nSPS) is 19.9. The van der Waals surface area contributed by atoms with E-state index in [1.165, 1.54) is 11.8 Å². The van der Waals surface area contributed by atoms with Gasteiger partial charge in [-0.05, 0) is 25.2 Å². The van der Waals surface area contributed by atoms with Crippen LogP contribution in [-0.4, -0.2) is 53.1 Å². The Bertz CT molecular complexity index is 330. The topological polar surface area (TPSA) is 60.9 Å². The lowest BCUT2D eigenvalue weighted by Crippen LogP contribution is -2.51. The quantitative estimate of drug-likeness (QED) is 0.853. The van der Waals surface area contributed by atoms with Crippen molar-refractivity contribution in [3.8, 4) is 0 Å². The maximum absolute atomic E-state index is 12.2. The maximum atomic E-state index is 12.2. The fourth-order valence-corrected chi connectivity index (χ4v) is 2.68. The van der Waals surface area contributed by atoms with Gasteiger partial charge in [-0.3, -0.25) is 0 Å². The Hall–Kier alpha value is -1.26. The number of hydrogen-bond acceptors (Lipinski definition) is 2. The van der Waals surface area contributed by atoms with Crippen molar-refractivity contribution in [3.05, 3.63) is 0 Å². The van der Waals surface area contributed by atoms with Gasteiger partial charge in [0.2, 0.25) is 0 Å². The van der Waals surface area contributed by atoms with Crippen LogP contribution in [0.2, 0.25) is 0 Å². The van der Waals surface area contributed by atoms with Crippen LogP contribution in [0.4, 0.5) is 4.79 Å². The first kappa shape index (κ1) is 15.8. The summed E-state index contributed by atoms with van der Waals surface area (Å²) in [6.07, 6.45) is 4.32. The van der Waals surface area contributed by atoms with Crippen molar-refractivity contribution in [3.63, 3.8) is 0 Å². The van der Waals surface area contributed by atoms with Gasteiger partial charge in [-0.1, -0.05) is 26.7 Å². The molecule has 5 nitrogen and oxygen atoms in total. The zero-order valence-electron chi connectivity index (χ0n) is 12.5. The van der Waals surface area contributed by atoms with Crippen molar-refractivity contribution in [2.45, 2.75) is 52.5 Å². The predicted molar refractivity (Wildman–Crippen MR) is 74.1 cm³/mol. The van der Waals surface area contributed by atoms with E-state index in [2.05, 4.69) is 13.8 Å². The largest absolute Gasteiger partial charge is 0.480 e. The molecule has 1 fully saturated rings. The molecule has 0 saturated carbocycles. The van der Waals surface area contributed by atoms with Crippen LogP contribution in [0.15, 0.2) is 0 Å². The van der Waals surface area contributed by atoms with Crippen LogP contribution in [-0.2, 0) is 4.79 Å². The van der Waals surface area contributed by atoms with Crippen molar-refractivity contribution in [1.29, 1.82) is 0 Å². The smallest absolute Gasteiger partial charge is 0.326 e. The molecule has 2 amide bonds. The SMILES string of the molecule is CCC1(CC)CCN(C(=O)N(C)C(C)C(=O)O)CC1. The van der Waals surface area contributed by atoms with E-state index in [1.54, 1.807) is 11.9 Å². The highest BCUT2D eigenvalue weighted by molar-refractivity contribution is 5.82. The van der Waals surface area contributed by atoms with Gasteiger partial charge in [-0.25, -0.2) is 9.59 Å². The third-order valence-electron chi connectivity index (χ3n) is 4.83. The zero-order valence-corrected chi connectivity index (χ0v) is 12.5. The molecular weight excluding hydrogens is 244 g/mol. The lowest BCUT2D eigenvalue weighted by Gasteiger charge is -2.42. The molecule has 0 aromatic heterocycles. The third-order valence-corrected chi connectivity index (χ3v) is 4.83. The Morgan fingerprint density at radius 1 is 1.26 bits per heavy atom. The molecule has 1 aliphatic heterocycles. The second-order valence-electron chi connectivity index (χ2n) is 5.60. The number of carboxylic acid groups (broad SMARTS) is 1. The molecule has 1 rings (SSSR count). The number of amides is 2. The molecule has 0 aliphatic carbocycles. The van der Waals surface area contributed by atoms with E-state index in [1.807, 2.05) is 0 Å². The molecule has 110 valence electrons. The van der Waals surface area contributed by atoms with Gasteiger partial charge in [-0.15, -0.1) is 0 Å². The Labute approximate surface area is 115 Å². The maximum Gasteiger partial charge on any atom is 0.326 e. The minimum Gasteiger partial charge on any atom is -0.480 e. The van der Waals surface area contributed by atoms with E-state index in [-0.39, 0.29) is 6.03 Å². The lowest BCUT2D eigenvalue weighted by atomic mass is 9.74. The summed E-state index contributed by atoms with van der Waals surface area (Å²) >= 11 is 0. The monoisotopic (exact) mass is 270 g/mol. The number of carbonyl (C=O) groups excluding carboxylic acids is 1. The summed E-state index contributed by atoms with van der Waals surface area (Å²) in [5.41, 5.74) is 0.369. The molecule has 0 spiro atoms. The van der Waals surface area contributed by atoms with E-state index >= 15 is 0 Å². The van der Waals surface area contributed by atoms with Gasteiger partial charge in [0.05, 0.1) is 0 Å². The Morgan fingerprint density at radius 2 is 1.74 bits per heavy atom. The van der Waals surface area contributed by atoms with Gasteiger partial charge in [0.15, 0.2) is 0 Å². The van der Waals surface area contributed by atoms with E-state index in [0.29, 0.717) is 5.41 Å². The number of carbonyl (C=O) groups is 2. The van der Waals surface area contributed by atoms with Crippen LogP contribution in [0.1, 0.15) is 46.5 Å². The molecule has 0 radical (unpaired) electrons. The first-order chi connectivity index (χ1) is 8.87. The Kier molecular flexibility index (Phi) is 5.20. The van der Waals surface area contributed by atoms with Crippen molar-refractivity contribution >= 4 is 12.0 Å². The van der Waals surface area contributed by atoms with Crippen LogP contribution in [0, 0.1) is 5.41 Å². The molecule has 1 heterocycles. The number of likely N-dealkylation sites (N-methyl/N-ethyl adjacent to an activating group) is 1. The minimum atomic E-state index is -0.968. The summed E-state index contributed by atoms with van der Waals surface area (Å²) in [6, 6.07) is -0.952. The number of likely N-dealkylation sites (tertiary alicyclic amines) is 1. The highest BCUT2D eigenvalue weighted by Gasteiger charge is 2.35. The molecule has 19 heavy (non-hydrogen) atoms. The summed E-state index contributed by atoms with van der Waals surface area (Å²) in [5, 5.41) is 8.95. The summed E-state index contributed by atoms with van der Waals surface area (Å²) in [7, 11) is 1.56. The van der Waals surface area contributed by atoms with Gasteiger partial charge in [-0.2, -0.15) is 0 Å². The second-order valence-corrected chi connectivity index (χ2v) is 5.60. The van der Waals surface area contributed by atoms with E-state index in [9.17, 15) is 9.59 Å². The van der Waals surface area contributed by atoms with Crippen molar-refractivity contribution in [2.24, 2.45) is 5.41 Å². The third kappa shape index (κ3) is 3.39. The number of rotatable bonds is 4. The molecule has 5 heteroatoms. The average Bonchev–Trinajstić information content (AvgIpc) is 2.44. The number of piperidine rings is 1. The molecular formula is C14H26N2O3. The highest BCUT2D eigenvalue weighted by Crippen LogP contribution is 2.38. The van der Waals surface area contributed by atoms with Crippen molar-refractivity contribution < 1.29 is 14.7 Å². The van der Waals surface area contributed by atoms with E-state index in [4.69, 9.17) is 5.11 Å². The van der Waals surface area contributed by atoms with Gasteiger partial charge < -0.3 is 14.9 Å². The highest BCUT2D eigenvalue weighted by atomic mass is 16.4. The number of aliphatic carboxylic acids is 1. The Morgan fingerprint density at radius 3 is 2.11 bits per heavy atom. The lowest BCUT2D eigenvalue weighted by molar-refractivity contribution is -0.141. The molecule has 0 aromatic carbocycles. The van der Waals surface area contributed by atoms with Crippen LogP contribution in [0.3, 0.4) is 0 Å². The number of nitrogens with zero attached hydrogens (tertiary/aromatic N) is 2. The van der Waals surface area contributed by atoms with Gasteiger partial charge in [0.25, 0.3) is 0 Å². The Balaban J connectivity index is 2.60. The van der Waals surface area contributed by atoms with E-state index < -0.39 is 12.0 Å². The summed E-state index contributed by atoms with van der Waals surface area (Å²) in [6.45, 7) is 7.42. The fourth-order valence-electron chi connectivity index (χ4n) is 2.68. The molecule has 1 aliphatic rings. The molecule has 0 aromatic rings. The number of carboxylic acids is 1. The first-order valence-corrected chi connectivity index (χ1v) is 7.11. The molecule has 0 bridgehead atoms. The van der Waals surface area contributed by atoms with Gasteiger partial charge >= 0.3 is 12.0 Å². The fraction of sp³-hybridized carbons (Fsp3) is 0.857. The molecule has 1 saturated heterocycles. The summed E-state index contributed by atoms with van der Waals surface area (Å²) < 4.78 is 0. The van der Waals surface area contributed by atoms with Crippen LogP contribution in [0.25, 0.3) is 0 Å². The first-order valence-electron chi connectivity index (χ1n) is 7.11. The summed E-state index contributed by atoms with van der Waals surface area (Å²) in [4.78, 5) is 26.2. The van der Waals surface area contributed by atoms with Crippen LogP contribution < -0.4 is 0 Å². The molecule has 1 unspecified atom stereocenters. The number of hydrogen-bond donors (Lipinski definition) is 1. The van der Waals surface area contributed by atoms with Crippen molar-refractivity contribution in [2.75, 3.05) is 20.1 Å². The standard InChI is InChI=1S/C14H26N2O3/c1-5-14(6-2)7-9-16(10-8-14)13(19)15(4)11(3)12(17)18/h11H,5-10H2,1-4H3,(H,17,18). The van der Waals surface area contributed by atoms with Crippen LogP contribution >= 0.6 is 0 Å². The predicted octanol–water partition coefficient (Wildman–Crippen LogP) is 2.41. The number of urea groups is 1. The van der Waals surface area contributed by atoms with Crippen molar-refractivity contribution in [1.82, 2.24) is 9.80 Å². The minimum absolute atomic E-state index is 0.171. The molecule has 1 N–H and O–H groups in total. The average molecular weight is 270 g/mol. The molecule has 1 atom stereocenters. The van der Waals surface area contributed by atoms with E-state index in [0.717, 1.165) is 38.8 Å². The van der Waals surface area contributed by atoms with Gasteiger partial charge in [0, 0.05) is 20.1 Å². The second kappa shape index (κ2) is 6.26. The zero-order chi connectivity index (χ0) is 14.6.